The van der Waals surface area contributed by atoms with Crippen molar-refractivity contribution in [1.82, 2.24) is 19.5 Å². The SMILES string of the molecule is Cc1cc(N(C2CC2)C2CCN(c3nccn(CC4CC4)c3=O)CC2)ncn1. The number of rotatable bonds is 6. The van der Waals surface area contributed by atoms with E-state index in [1.54, 1.807) is 12.5 Å². The number of nitrogens with zero attached hydrogens (tertiary/aromatic N) is 6. The van der Waals surface area contributed by atoms with Gasteiger partial charge in [-0.2, -0.15) is 0 Å². The van der Waals surface area contributed by atoms with Gasteiger partial charge in [-0.3, -0.25) is 4.79 Å². The Morgan fingerprint density at radius 2 is 1.79 bits per heavy atom. The van der Waals surface area contributed by atoms with Gasteiger partial charge in [0.1, 0.15) is 12.1 Å². The predicted molar refractivity (Wildman–Crippen MR) is 109 cm³/mol. The molecule has 3 heterocycles. The largest absolute Gasteiger partial charge is 0.352 e. The van der Waals surface area contributed by atoms with Crippen LogP contribution in [0.2, 0.25) is 0 Å². The van der Waals surface area contributed by atoms with Crippen LogP contribution in [0, 0.1) is 12.8 Å². The molecule has 3 fully saturated rings. The molecular formula is C21H28N6O. The summed E-state index contributed by atoms with van der Waals surface area (Å²) < 4.78 is 1.85. The molecule has 0 N–H and O–H groups in total. The van der Waals surface area contributed by atoms with E-state index in [4.69, 9.17) is 0 Å². The van der Waals surface area contributed by atoms with Gasteiger partial charge in [-0.25, -0.2) is 15.0 Å². The van der Waals surface area contributed by atoms with Gasteiger partial charge >= 0.3 is 0 Å². The summed E-state index contributed by atoms with van der Waals surface area (Å²) in [6.45, 7) is 4.60. The molecule has 2 aromatic rings. The van der Waals surface area contributed by atoms with E-state index in [0.717, 1.165) is 44.0 Å². The summed E-state index contributed by atoms with van der Waals surface area (Å²) in [4.78, 5) is 30.8. The highest BCUT2D eigenvalue weighted by molar-refractivity contribution is 5.44. The van der Waals surface area contributed by atoms with Crippen molar-refractivity contribution >= 4 is 11.6 Å². The highest BCUT2D eigenvalue weighted by Crippen LogP contribution is 2.35. The maximum atomic E-state index is 12.9. The van der Waals surface area contributed by atoms with E-state index in [0.29, 0.717) is 23.8 Å². The molecule has 1 aliphatic heterocycles. The Morgan fingerprint density at radius 1 is 1.04 bits per heavy atom. The van der Waals surface area contributed by atoms with Gasteiger partial charge in [0.15, 0.2) is 5.82 Å². The number of hydrogen-bond acceptors (Lipinski definition) is 6. The van der Waals surface area contributed by atoms with Crippen molar-refractivity contribution < 1.29 is 0 Å². The Kier molecular flexibility index (Phi) is 4.53. The zero-order valence-electron chi connectivity index (χ0n) is 16.5. The fourth-order valence-electron chi connectivity index (χ4n) is 4.34. The Labute approximate surface area is 165 Å². The van der Waals surface area contributed by atoms with Crippen molar-refractivity contribution in [3.05, 3.63) is 40.8 Å². The Hall–Kier alpha value is -2.44. The van der Waals surface area contributed by atoms with Crippen molar-refractivity contribution in [2.75, 3.05) is 22.9 Å². The molecule has 3 aliphatic rings. The third-order valence-electron chi connectivity index (χ3n) is 6.20. The van der Waals surface area contributed by atoms with Gasteiger partial charge in [-0.1, -0.05) is 0 Å². The molecule has 148 valence electrons. The number of anilines is 2. The molecule has 0 atom stereocenters. The molecule has 0 amide bonds. The molecule has 7 heteroatoms. The fourth-order valence-corrected chi connectivity index (χ4v) is 4.34. The standard InChI is InChI=1S/C21H28N6O/c1-15-12-19(24-14-23-15)27(17-4-5-17)18-6-9-25(10-7-18)20-21(28)26(11-8-22-20)13-16-2-3-16/h8,11-12,14,16-18H,2-7,9-10,13H2,1H3. The molecule has 2 aliphatic carbocycles. The first-order chi connectivity index (χ1) is 13.7. The van der Waals surface area contributed by atoms with Crippen molar-refractivity contribution in [1.29, 1.82) is 0 Å². The van der Waals surface area contributed by atoms with Gasteiger partial charge < -0.3 is 14.4 Å². The van der Waals surface area contributed by atoms with Crippen molar-refractivity contribution in [2.24, 2.45) is 5.92 Å². The molecule has 1 saturated heterocycles. The smallest absolute Gasteiger partial charge is 0.293 e. The first-order valence-corrected chi connectivity index (χ1v) is 10.6. The third-order valence-corrected chi connectivity index (χ3v) is 6.20. The number of aryl methyl sites for hydroxylation is 1. The van der Waals surface area contributed by atoms with Crippen LogP contribution in [0.4, 0.5) is 11.6 Å². The van der Waals surface area contributed by atoms with Gasteiger partial charge in [-0.05, 0) is 51.4 Å². The Bertz CT molecular complexity index is 896. The molecule has 0 aromatic carbocycles. The molecule has 0 unspecified atom stereocenters. The minimum atomic E-state index is 0.0679. The van der Waals surface area contributed by atoms with Gasteiger partial charge in [0, 0.05) is 55.9 Å². The molecule has 28 heavy (non-hydrogen) atoms. The van der Waals surface area contributed by atoms with Crippen LogP contribution in [0.5, 0.6) is 0 Å². The van der Waals surface area contributed by atoms with Gasteiger partial charge in [-0.15, -0.1) is 0 Å². The summed E-state index contributed by atoms with van der Waals surface area (Å²) in [5.74, 6) is 2.36. The van der Waals surface area contributed by atoms with Crippen LogP contribution in [0.1, 0.15) is 44.2 Å². The molecule has 2 aromatic heterocycles. The molecular weight excluding hydrogens is 352 g/mol. The second-order valence-electron chi connectivity index (χ2n) is 8.53. The second kappa shape index (κ2) is 7.18. The fraction of sp³-hybridized carbons (Fsp3) is 0.619. The van der Waals surface area contributed by atoms with Gasteiger partial charge in [0.25, 0.3) is 5.56 Å². The summed E-state index contributed by atoms with van der Waals surface area (Å²) in [5.41, 5.74) is 1.08. The Morgan fingerprint density at radius 3 is 2.46 bits per heavy atom. The molecule has 0 spiro atoms. The van der Waals surface area contributed by atoms with Crippen LogP contribution in [0.15, 0.2) is 29.6 Å². The topological polar surface area (TPSA) is 67.2 Å². The van der Waals surface area contributed by atoms with Crippen LogP contribution in [-0.2, 0) is 6.54 Å². The lowest BCUT2D eigenvalue weighted by Crippen LogP contribution is -2.48. The maximum absolute atomic E-state index is 12.9. The van der Waals surface area contributed by atoms with E-state index in [9.17, 15) is 4.79 Å². The van der Waals surface area contributed by atoms with E-state index < -0.39 is 0 Å². The lowest BCUT2D eigenvalue weighted by Gasteiger charge is -2.39. The quantitative estimate of drug-likeness (QED) is 0.767. The summed E-state index contributed by atoms with van der Waals surface area (Å²) >= 11 is 0. The monoisotopic (exact) mass is 380 g/mol. The zero-order valence-corrected chi connectivity index (χ0v) is 16.5. The minimum absolute atomic E-state index is 0.0679. The van der Waals surface area contributed by atoms with E-state index in [1.807, 2.05) is 17.7 Å². The van der Waals surface area contributed by atoms with Crippen molar-refractivity contribution in [3.8, 4) is 0 Å². The van der Waals surface area contributed by atoms with Crippen LogP contribution in [0.25, 0.3) is 0 Å². The summed E-state index contributed by atoms with van der Waals surface area (Å²) in [6.07, 6.45) is 12.3. The molecule has 0 radical (unpaired) electrons. The Balaban J connectivity index is 1.30. The summed E-state index contributed by atoms with van der Waals surface area (Å²) in [6, 6.07) is 3.17. The van der Waals surface area contributed by atoms with Crippen LogP contribution in [0.3, 0.4) is 0 Å². The molecule has 0 bridgehead atoms. The molecule has 5 rings (SSSR count). The first kappa shape index (κ1) is 17.6. The van der Waals surface area contributed by atoms with E-state index in [2.05, 4.69) is 30.8 Å². The average molecular weight is 380 g/mol. The van der Waals surface area contributed by atoms with E-state index >= 15 is 0 Å². The lowest BCUT2D eigenvalue weighted by atomic mass is 10.0. The molecule has 7 nitrogen and oxygen atoms in total. The maximum Gasteiger partial charge on any atom is 0.293 e. The summed E-state index contributed by atoms with van der Waals surface area (Å²) in [7, 11) is 0. The van der Waals surface area contributed by atoms with Gasteiger partial charge in [0.2, 0.25) is 0 Å². The van der Waals surface area contributed by atoms with Gasteiger partial charge in [0.05, 0.1) is 0 Å². The lowest BCUT2D eigenvalue weighted by molar-refractivity contribution is 0.455. The van der Waals surface area contributed by atoms with E-state index in [1.165, 1.54) is 25.7 Å². The summed E-state index contributed by atoms with van der Waals surface area (Å²) in [5, 5.41) is 0. The third kappa shape index (κ3) is 3.62. The minimum Gasteiger partial charge on any atom is -0.352 e. The highest BCUT2D eigenvalue weighted by atomic mass is 16.1. The van der Waals surface area contributed by atoms with Crippen molar-refractivity contribution in [2.45, 2.75) is 64.1 Å². The highest BCUT2D eigenvalue weighted by Gasteiger charge is 2.37. The first-order valence-electron chi connectivity index (χ1n) is 10.6. The molecule has 2 saturated carbocycles. The predicted octanol–water partition coefficient (Wildman–Crippen LogP) is 2.39. The van der Waals surface area contributed by atoms with Crippen LogP contribution < -0.4 is 15.4 Å². The van der Waals surface area contributed by atoms with Crippen molar-refractivity contribution in [3.63, 3.8) is 0 Å². The zero-order chi connectivity index (χ0) is 19.1. The number of aromatic nitrogens is 4. The van der Waals surface area contributed by atoms with Crippen LogP contribution >= 0.6 is 0 Å². The average Bonchev–Trinajstić information content (AvgIpc) is 3.60. The normalized spacial score (nSPS) is 20.4. The number of hydrogen-bond donors (Lipinski definition) is 0. The van der Waals surface area contributed by atoms with E-state index in [-0.39, 0.29) is 5.56 Å². The number of piperidine rings is 1. The van der Waals surface area contributed by atoms with Crippen LogP contribution in [-0.4, -0.2) is 44.7 Å². The second-order valence-corrected chi connectivity index (χ2v) is 8.53.